The lowest BCUT2D eigenvalue weighted by Crippen LogP contribution is -2.32. The average Bonchev–Trinajstić information content (AvgIpc) is 2.79. The molecule has 7 heteroatoms. The quantitative estimate of drug-likeness (QED) is 0.406. The number of aliphatic hydroxyl groups is 2. The van der Waals surface area contributed by atoms with Gasteiger partial charge in [-0.2, -0.15) is 0 Å². The molecule has 0 aliphatic heterocycles. The molecule has 164 valence electrons. The van der Waals surface area contributed by atoms with Crippen molar-refractivity contribution < 1.29 is 24.5 Å². The van der Waals surface area contributed by atoms with Crippen molar-refractivity contribution in [2.75, 3.05) is 50.3 Å². The van der Waals surface area contributed by atoms with Gasteiger partial charge in [-0.05, 0) is 62.4 Å². The summed E-state index contributed by atoms with van der Waals surface area (Å²) in [5.74, 6) is -0.0486. The summed E-state index contributed by atoms with van der Waals surface area (Å²) >= 11 is 0. The first-order chi connectivity index (χ1) is 14.4. The molecule has 0 aliphatic carbocycles. The molecule has 0 radical (unpaired) electrons. The smallest absolute Gasteiger partial charge is 0.193 e. The lowest BCUT2D eigenvalue weighted by molar-refractivity contribution is 0.0400. The van der Waals surface area contributed by atoms with Crippen LogP contribution >= 0.6 is 0 Å². The van der Waals surface area contributed by atoms with E-state index in [-0.39, 0.29) is 44.7 Å². The number of rotatable bonds is 12. The van der Waals surface area contributed by atoms with Crippen molar-refractivity contribution in [3.05, 3.63) is 59.7 Å². The topological polar surface area (TPSA) is 82.5 Å². The molecule has 0 heterocycles. The van der Waals surface area contributed by atoms with E-state index in [0.717, 1.165) is 11.4 Å². The van der Waals surface area contributed by atoms with Gasteiger partial charge in [-0.25, -0.2) is 0 Å². The molecule has 2 rings (SSSR count). The van der Waals surface area contributed by atoms with Crippen LogP contribution in [0.15, 0.2) is 48.5 Å². The second-order valence-electron chi connectivity index (χ2n) is 7.03. The molecule has 30 heavy (non-hydrogen) atoms. The summed E-state index contributed by atoms with van der Waals surface area (Å²) in [6.45, 7) is 4.33. The minimum absolute atomic E-state index is 0.0191. The summed E-state index contributed by atoms with van der Waals surface area (Å²) < 4.78 is 11.0. The molecule has 7 nitrogen and oxygen atoms in total. The van der Waals surface area contributed by atoms with Crippen molar-refractivity contribution in [2.24, 2.45) is 0 Å². The third kappa shape index (κ3) is 6.27. The number of carbonyl (C=O) groups excluding carboxylic acids is 1. The third-order valence-corrected chi connectivity index (χ3v) is 5.07. The number of ketones is 1. The second-order valence-corrected chi connectivity index (χ2v) is 7.03. The summed E-state index contributed by atoms with van der Waals surface area (Å²) in [6, 6.07) is 14.7. The molecule has 2 aromatic rings. The van der Waals surface area contributed by atoms with E-state index in [1.807, 2.05) is 62.0 Å². The van der Waals surface area contributed by atoms with Crippen LogP contribution in [0.1, 0.15) is 29.8 Å². The highest BCUT2D eigenvalue weighted by Gasteiger charge is 2.14. The summed E-state index contributed by atoms with van der Waals surface area (Å²) in [5, 5.41) is 17.8. The minimum Gasteiger partial charge on any atom is -0.394 e. The van der Waals surface area contributed by atoms with E-state index in [4.69, 9.17) is 19.7 Å². The summed E-state index contributed by atoms with van der Waals surface area (Å²) in [4.78, 5) is 16.7. The SMILES string of the molecule is CC(OCCO)N(C)c1ccc(C(=O)c2ccc(N(C)C(C)OCCO)cc2)cc1. The van der Waals surface area contributed by atoms with Crippen molar-refractivity contribution in [2.45, 2.75) is 26.3 Å². The number of benzene rings is 2. The van der Waals surface area contributed by atoms with Crippen LogP contribution in [0.4, 0.5) is 11.4 Å². The van der Waals surface area contributed by atoms with Crippen molar-refractivity contribution in [3.8, 4) is 0 Å². The Kier molecular flexibility index (Phi) is 9.26. The van der Waals surface area contributed by atoms with Gasteiger partial charge in [0.1, 0.15) is 12.5 Å². The Morgan fingerprint density at radius 3 is 1.40 bits per heavy atom. The van der Waals surface area contributed by atoms with Gasteiger partial charge < -0.3 is 29.5 Å². The Labute approximate surface area is 178 Å². The normalized spacial score (nSPS) is 13.0. The summed E-state index contributed by atoms with van der Waals surface area (Å²) in [6.07, 6.45) is -0.376. The van der Waals surface area contributed by atoms with Crippen molar-refractivity contribution in [1.82, 2.24) is 0 Å². The van der Waals surface area contributed by atoms with Crippen LogP contribution in [-0.4, -0.2) is 69.0 Å². The fraction of sp³-hybridized carbons (Fsp3) is 0.435. The standard InChI is InChI=1S/C23H32N2O5/c1-17(29-15-13-26)24(3)21-9-5-19(6-10-21)23(28)20-7-11-22(12-8-20)25(4)18(2)30-16-14-27/h5-12,17-18,26-27H,13-16H2,1-4H3. The molecule has 0 aromatic heterocycles. The summed E-state index contributed by atoms with van der Waals surface area (Å²) in [7, 11) is 3.80. The van der Waals surface area contributed by atoms with Crippen molar-refractivity contribution in [3.63, 3.8) is 0 Å². The maximum atomic E-state index is 12.8. The molecule has 2 N–H and O–H groups in total. The van der Waals surface area contributed by atoms with Gasteiger partial charge in [-0.15, -0.1) is 0 Å². The number of carbonyl (C=O) groups is 1. The van der Waals surface area contributed by atoms with Crippen molar-refractivity contribution in [1.29, 1.82) is 0 Å². The highest BCUT2D eigenvalue weighted by atomic mass is 16.5. The maximum Gasteiger partial charge on any atom is 0.193 e. The first-order valence-corrected chi connectivity index (χ1v) is 10.0. The van der Waals surface area contributed by atoms with Gasteiger partial charge in [0.15, 0.2) is 5.78 Å². The number of hydrogen-bond donors (Lipinski definition) is 2. The molecular formula is C23H32N2O5. The zero-order valence-electron chi connectivity index (χ0n) is 18.1. The molecule has 0 aliphatic rings. The molecule has 2 aromatic carbocycles. The molecule has 0 bridgehead atoms. The Balaban J connectivity index is 2.04. The molecule has 0 fully saturated rings. The predicted molar refractivity (Wildman–Crippen MR) is 118 cm³/mol. The van der Waals surface area contributed by atoms with Gasteiger partial charge in [0.2, 0.25) is 0 Å². The Morgan fingerprint density at radius 1 is 0.767 bits per heavy atom. The van der Waals surface area contributed by atoms with Crippen LogP contribution in [0.3, 0.4) is 0 Å². The van der Waals surface area contributed by atoms with Crippen LogP contribution in [-0.2, 0) is 9.47 Å². The highest BCUT2D eigenvalue weighted by Crippen LogP contribution is 2.21. The van der Waals surface area contributed by atoms with Gasteiger partial charge in [0.05, 0.1) is 26.4 Å². The highest BCUT2D eigenvalue weighted by molar-refractivity contribution is 6.09. The molecule has 2 unspecified atom stereocenters. The fourth-order valence-electron chi connectivity index (χ4n) is 2.95. The van der Waals surface area contributed by atoms with Crippen LogP contribution < -0.4 is 9.80 Å². The number of nitrogens with zero attached hydrogens (tertiary/aromatic N) is 2. The molecule has 0 amide bonds. The van der Waals surface area contributed by atoms with Crippen LogP contribution in [0.25, 0.3) is 0 Å². The fourth-order valence-corrected chi connectivity index (χ4v) is 2.95. The van der Waals surface area contributed by atoms with E-state index < -0.39 is 0 Å². The van der Waals surface area contributed by atoms with Crippen LogP contribution in [0, 0.1) is 0 Å². The zero-order chi connectivity index (χ0) is 22.1. The largest absolute Gasteiger partial charge is 0.394 e. The number of hydrogen-bond acceptors (Lipinski definition) is 7. The Hall–Kier alpha value is -2.45. The molecule has 0 spiro atoms. The first-order valence-electron chi connectivity index (χ1n) is 10.0. The van der Waals surface area contributed by atoms with Crippen LogP contribution in [0.2, 0.25) is 0 Å². The van der Waals surface area contributed by atoms with Gasteiger partial charge in [-0.3, -0.25) is 4.79 Å². The van der Waals surface area contributed by atoms with Crippen LogP contribution in [0.5, 0.6) is 0 Å². The second kappa shape index (κ2) is 11.7. The maximum absolute atomic E-state index is 12.8. The van der Waals surface area contributed by atoms with Gasteiger partial charge in [-0.1, -0.05) is 0 Å². The van der Waals surface area contributed by atoms with Crippen molar-refractivity contribution >= 4 is 17.2 Å². The van der Waals surface area contributed by atoms with Gasteiger partial charge >= 0.3 is 0 Å². The first kappa shape index (κ1) is 23.8. The van der Waals surface area contributed by atoms with E-state index in [2.05, 4.69) is 0 Å². The minimum atomic E-state index is -0.188. The molecule has 2 atom stereocenters. The van der Waals surface area contributed by atoms with Gasteiger partial charge in [0.25, 0.3) is 0 Å². The molecule has 0 saturated carbocycles. The van der Waals surface area contributed by atoms with E-state index in [1.165, 1.54) is 0 Å². The van der Waals surface area contributed by atoms with E-state index in [1.54, 1.807) is 24.3 Å². The summed E-state index contributed by atoms with van der Waals surface area (Å²) in [5.41, 5.74) is 3.06. The monoisotopic (exact) mass is 416 g/mol. The number of anilines is 2. The van der Waals surface area contributed by atoms with E-state index in [0.29, 0.717) is 11.1 Å². The van der Waals surface area contributed by atoms with E-state index >= 15 is 0 Å². The molecular weight excluding hydrogens is 384 g/mol. The molecule has 0 saturated heterocycles. The third-order valence-electron chi connectivity index (χ3n) is 5.07. The number of aliphatic hydroxyl groups excluding tert-OH is 2. The lowest BCUT2D eigenvalue weighted by atomic mass is 10.0. The number of ether oxygens (including phenoxy) is 2. The zero-order valence-corrected chi connectivity index (χ0v) is 18.1. The van der Waals surface area contributed by atoms with E-state index in [9.17, 15) is 4.79 Å². The lowest BCUT2D eigenvalue weighted by Gasteiger charge is -2.27. The average molecular weight is 417 g/mol. The Bertz CT molecular complexity index is 714. The van der Waals surface area contributed by atoms with Gasteiger partial charge in [0, 0.05) is 36.6 Å². The Morgan fingerprint density at radius 2 is 1.10 bits per heavy atom. The predicted octanol–water partition coefficient (Wildman–Crippen LogP) is 2.50.